The smallest absolute Gasteiger partial charge is 0.221 e. The topological polar surface area (TPSA) is 96.5 Å². The Morgan fingerprint density at radius 2 is 2.09 bits per heavy atom. The fourth-order valence-electron chi connectivity index (χ4n) is 2.39. The summed E-state index contributed by atoms with van der Waals surface area (Å²) in [6, 6.07) is 0.0205. The normalized spacial score (nSPS) is 22.5. The number of carbonyl (C=O) groups excluding carboxylic acids is 1. The molecule has 0 aromatic rings. The first-order valence-corrected chi connectivity index (χ1v) is 9.25. The van der Waals surface area contributed by atoms with E-state index in [4.69, 9.17) is 4.74 Å². The molecule has 130 valence electrons. The summed E-state index contributed by atoms with van der Waals surface area (Å²) in [5.74, 6) is 0.277. The average Bonchev–Trinajstić information content (AvgIpc) is 2.37. The van der Waals surface area contributed by atoms with Crippen LogP contribution in [0.2, 0.25) is 0 Å². The molecule has 2 rings (SSSR count). The van der Waals surface area contributed by atoms with Gasteiger partial charge in [0, 0.05) is 32.1 Å². The molecule has 0 aromatic heterocycles. The number of hydrogen-bond acceptors (Lipinski definition) is 5. The van der Waals surface area contributed by atoms with Gasteiger partial charge in [-0.1, -0.05) is 6.42 Å². The lowest BCUT2D eigenvalue weighted by atomic mass is 9.86. The molecule has 1 saturated heterocycles. The minimum Gasteiger partial charge on any atom is -0.378 e. The zero-order chi connectivity index (χ0) is 15.1. The Balaban J connectivity index is 0.00000242. The molecular weight excluding hydrogens is 330 g/mol. The SMILES string of the molecule is Cl.O=C(CC1COCCN1)NCCS(=O)(=O)NCC1CCC1. The van der Waals surface area contributed by atoms with E-state index in [1.807, 2.05) is 0 Å². The predicted molar refractivity (Wildman–Crippen MR) is 86.6 cm³/mol. The molecule has 9 heteroatoms. The van der Waals surface area contributed by atoms with Gasteiger partial charge in [0.1, 0.15) is 0 Å². The van der Waals surface area contributed by atoms with Crippen molar-refractivity contribution in [1.29, 1.82) is 0 Å². The van der Waals surface area contributed by atoms with Crippen molar-refractivity contribution in [3.8, 4) is 0 Å². The summed E-state index contributed by atoms with van der Waals surface area (Å²) in [5.41, 5.74) is 0. The fraction of sp³-hybridized carbons (Fsp3) is 0.923. The van der Waals surface area contributed by atoms with Crippen LogP contribution in [0.15, 0.2) is 0 Å². The van der Waals surface area contributed by atoms with Gasteiger partial charge in [0.15, 0.2) is 0 Å². The van der Waals surface area contributed by atoms with Gasteiger partial charge in [-0.2, -0.15) is 0 Å². The fourth-order valence-corrected chi connectivity index (χ4v) is 3.39. The number of sulfonamides is 1. The first-order valence-electron chi connectivity index (χ1n) is 7.60. The van der Waals surface area contributed by atoms with Crippen molar-refractivity contribution in [2.45, 2.75) is 31.7 Å². The molecule has 0 spiro atoms. The molecule has 1 aliphatic carbocycles. The van der Waals surface area contributed by atoms with Crippen molar-refractivity contribution in [2.75, 3.05) is 38.6 Å². The predicted octanol–water partition coefficient (Wildman–Crippen LogP) is -0.378. The average molecular weight is 356 g/mol. The second kappa shape index (κ2) is 9.67. The highest BCUT2D eigenvalue weighted by atomic mass is 35.5. The standard InChI is InChI=1S/C13H25N3O4S.ClH/c17-13(8-12-10-20-6-4-14-12)15-5-7-21(18,19)16-9-11-2-1-3-11;/h11-12,14,16H,1-10H2,(H,15,17);1H. The van der Waals surface area contributed by atoms with Gasteiger partial charge in [-0.05, 0) is 18.8 Å². The molecule has 1 heterocycles. The molecule has 7 nitrogen and oxygen atoms in total. The van der Waals surface area contributed by atoms with E-state index in [9.17, 15) is 13.2 Å². The summed E-state index contributed by atoms with van der Waals surface area (Å²) in [7, 11) is -3.29. The molecule has 2 aliphatic rings. The van der Waals surface area contributed by atoms with Crippen LogP contribution in [-0.4, -0.2) is 59.0 Å². The summed E-state index contributed by atoms with van der Waals surface area (Å²) in [4.78, 5) is 11.7. The molecule has 1 amide bonds. The van der Waals surface area contributed by atoms with E-state index >= 15 is 0 Å². The van der Waals surface area contributed by atoms with Crippen molar-refractivity contribution in [3.63, 3.8) is 0 Å². The van der Waals surface area contributed by atoms with E-state index in [2.05, 4.69) is 15.4 Å². The molecule has 1 unspecified atom stereocenters. The number of morpholine rings is 1. The molecule has 0 aromatic carbocycles. The van der Waals surface area contributed by atoms with Crippen molar-refractivity contribution in [3.05, 3.63) is 0 Å². The molecule has 3 N–H and O–H groups in total. The Bertz CT molecular complexity index is 437. The van der Waals surface area contributed by atoms with Crippen LogP contribution in [0.4, 0.5) is 0 Å². The second-order valence-electron chi connectivity index (χ2n) is 5.74. The number of ether oxygens (including phenoxy) is 1. The number of nitrogens with one attached hydrogen (secondary N) is 3. The first kappa shape index (κ1) is 19.6. The summed E-state index contributed by atoms with van der Waals surface area (Å²) in [6.07, 6.45) is 3.72. The van der Waals surface area contributed by atoms with Gasteiger partial charge in [-0.25, -0.2) is 13.1 Å². The highest BCUT2D eigenvalue weighted by Crippen LogP contribution is 2.25. The van der Waals surface area contributed by atoms with Gasteiger partial charge in [0.25, 0.3) is 0 Å². The molecule has 0 radical (unpaired) electrons. The van der Waals surface area contributed by atoms with E-state index < -0.39 is 10.0 Å². The summed E-state index contributed by atoms with van der Waals surface area (Å²) in [5, 5.41) is 5.83. The van der Waals surface area contributed by atoms with Gasteiger partial charge in [-0.3, -0.25) is 4.79 Å². The number of rotatable bonds is 8. The first-order chi connectivity index (χ1) is 10.1. The van der Waals surface area contributed by atoms with Crippen LogP contribution < -0.4 is 15.4 Å². The Morgan fingerprint density at radius 3 is 2.68 bits per heavy atom. The highest BCUT2D eigenvalue weighted by Gasteiger charge is 2.20. The molecule has 22 heavy (non-hydrogen) atoms. The highest BCUT2D eigenvalue weighted by molar-refractivity contribution is 7.89. The van der Waals surface area contributed by atoms with Crippen LogP contribution in [0.5, 0.6) is 0 Å². The number of amides is 1. The van der Waals surface area contributed by atoms with Crippen LogP contribution in [0.3, 0.4) is 0 Å². The lowest BCUT2D eigenvalue weighted by molar-refractivity contribution is -0.122. The maximum Gasteiger partial charge on any atom is 0.221 e. The van der Waals surface area contributed by atoms with Gasteiger partial charge in [0.2, 0.25) is 15.9 Å². The van der Waals surface area contributed by atoms with Gasteiger partial charge in [0.05, 0.1) is 19.0 Å². The molecular formula is C13H26ClN3O4S. The quantitative estimate of drug-likeness (QED) is 0.551. The van der Waals surface area contributed by atoms with Crippen LogP contribution >= 0.6 is 12.4 Å². The largest absolute Gasteiger partial charge is 0.378 e. The third-order valence-electron chi connectivity index (χ3n) is 3.94. The summed E-state index contributed by atoms with van der Waals surface area (Å²) in [6.45, 7) is 2.61. The zero-order valence-corrected chi connectivity index (χ0v) is 14.3. The van der Waals surface area contributed by atoms with Gasteiger partial charge < -0.3 is 15.4 Å². The third-order valence-corrected chi connectivity index (χ3v) is 5.29. The molecule has 1 saturated carbocycles. The second-order valence-corrected chi connectivity index (χ2v) is 7.67. The maximum absolute atomic E-state index is 11.8. The van der Waals surface area contributed by atoms with E-state index in [0.717, 1.165) is 19.4 Å². The minimum atomic E-state index is -3.29. The molecule has 1 aliphatic heterocycles. The Morgan fingerprint density at radius 1 is 1.32 bits per heavy atom. The van der Waals surface area contributed by atoms with Crippen LogP contribution in [0.25, 0.3) is 0 Å². The number of carbonyl (C=O) groups is 1. The van der Waals surface area contributed by atoms with Crippen LogP contribution in [-0.2, 0) is 19.6 Å². The molecule has 0 bridgehead atoms. The van der Waals surface area contributed by atoms with Gasteiger partial charge in [-0.15, -0.1) is 12.4 Å². The van der Waals surface area contributed by atoms with Crippen LogP contribution in [0, 0.1) is 5.92 Å². The monoisotopic (exact) mass is 355 g/mol. The molecule has 2 fully saturated rings. The van der Waals surface area contributed by atoms with Crippen molar-refractivity contribution in [1.82, 2.24) is 15.4 Å². The number of hydrogen-bond donors (Lipinski definition) is 3. The molecule has 1 atom stereocenters. The Hall–Kier alpha value is -0.410. The van der Waals surface area contributed by atoms with Crippen molar-refractivity contribution < 1.29 is 17.9 Å². The van der Waals surface area contributed by atoms with Gasteiger partial charge >= 0.3 is 0 Å². The summed E-state index contributed by atoms with van der Waals surface area (Å²) >= 11 is 0. The third kappa shape index (κ3) is 7.23. The summed E-state index contributed by atoms with van der Waals surface area (Å²) < 4.78 is 31.4. The van der Waals surface area contributed by atoms with Crippen molar-refractivity contribution in [2.24, 2.45) is 5.92 Å². The van der Waals surface area contributed by atoms with Crippen molar-refractivity contribution >= 4 is 28.3 Å². The van der Waals surface area contributed by atoms with Crippen LogP contribution in [0.1, 0.15) is 25.7 Å². The minimum absolute atomic E-state index is 0. The number of halogens is 1. The Labute approximate surface area is 138 Å². The van der Waals surface area contributed by atoms with E-state index in [0.29, 0.717) is 32.1 Å². The maximum atomic E-state index is 11.8. The van der Waals surface area contributed by atoms with E-state index in [-0.39, 0.29) is 36.7 Å². The Kier molecular flexibility index (Phi) is 8.63. The lowest BCUT2D eigenvalue weighted by Gasteiger charge is -2.25. The van der Waals surface area contributed by atoms with E-state index in [1.54, 1.807) is 0 Å². The zero-order valence-electron chi connectivity index (χ0n) is 12.7. The lowest BCUT2D eigenvalue weighted by Crippen LogP contribution is -2.45. The van der Waals surface area contributed by atoms with E-state index in [1.165, 1.54) is 6.42 Å².